The van der Waals surface area contributed by atoms with E-state index in [1.54, 1.807) is 11.8 Å². The van der Waals surface area contributed by atoms with E-state index in [0.29, 0.717) is 12.2 Å². The van der Waals surface area contributed by atoms with Crippen molar-refractivity contribution in [3.8, 4) is 5.75 Å². The van der Waals surface area contributed by atoms with E-state index in [-0.39, 0.29) is 17.3 Å². The molecule has 0 heterocycles. The first-order valence-corrected chi connectivity index (χ1v) is 5.80. The standard InChI is InChI=1S/C10H12FNO2S/c1-15-5-4-10(14)12-9-3-2-7(13)6-8(9)11/h2-3,6,13H,4-5H2,1H3,(H,12,14). The van der Waals surface area contributed by atoms with Crippen LogP contribution in [0, 0.1) is 5.82 Å². The highest BCUT2D eigenvalue weighted by atomic mass is 32.2. The fourth-order valence-corrected chi connectivity index (χ4v) is 1.40. The van der Waals surface area contributed by atoms with Gasteiger partial charge in [-0.25, -0.2) is 4.39 Å². The molecule has 0 radical (unpaired) electrons. The summed E-state index contributed by atoms with van der Waals surface area (Å²) in [5.41, 5.74) is 0.0962. The highest BCUT2D eigenvalue weighted by Crippen LogP contribution is 2.19. The molecule has 1 aromatic rings. The molecule has 0 unspecified atom stereocenters. The van der Waals surface area contributed by atoms with Gasteiger partial charge in [-0.15, -0.1) is 0 Å². The molecule has 0 bridgehead atoms. The van der Waals surface area contributed by atoms with Gasteiger partial charge in [0.05, 0.1) is 5.69 Å². The van der Waals surface area contributed by atoms with Gasteiger partial charge in [0.25, 0.3) is 0 Å². The molecular weight excluding hydrogens is 217 g/mol. The number of phenols is 1. The van der Waals surface area contributed by atoms with Gasteiger partial charge in [0.1, 0.15) is 11.6 Å². The Morgan fingerprint density at radius 2 is 2.33 bits per heavy atom. The summed E-state index contributed by atoms with van der Waals surface area (Å²) in [6.07, 6.45) is 2.25. The SMILES string of the molecule is CSCCC(=O)Nc1ccc(O)cc1F. The second kappa shape index (κ2) is 5.60. The van der Waals surface area contributed by atoms with Crippen LogP contribution in [0.1, 0.15) is 6.42 Å². The number of aromatic hydroxyl groups is 1. The third-order valence-electron chi connectivity index (χ3n) is 1.76. The number of benzene rings is 1. The van der Waals surface area contributed by atoms with Gasteiger partial charge in [0.2, 0.25) is 5.91 Å². The van der Waals surface area contributed by atoms with Gasteiger partial charge in [-0.2, -0.15) is 11.8 Å². The zero-order valence-electron chi connectivity index (χ0n) is 8.29. The summed E-state index contributed by atoms with van der Waals surface area (Å²) in [4.78, 5) is 11.3. The van der Waals surface area contributed by atoms with Crippen molar-refractivity contribution in [3.05, 3.63) is 24.0 Å². The Hall–Kier alpha value is -1.23. The van der Waals surface area contributed by atoms with Gasteiger partial charge >= 0.3 is 0 Å². The molecule has 1 amide bonds. The summed E-state index contributed by atoms with van der Waals surface area (Å²) in [6, 6.07) is 3.62. The second-order valence-corrected chi connectivity index (χ2v) is 3.94. The Bertz CT molecular complexity index is 357. The number of rotatable bonds is 4. The Morgan fingerprint density at radius 3 is 2.93 bits per heavy atom. The molecule has 0 spiro atoms. The lowest BCUT2D eigenvalue weighted by molar-refractivity contribution is -0.115. The van der Waals surface area contributed by atoms with Crippen LogP contribution in [0.4, 0.5) is 10.1 Å². The number of hydrogen-bond acceptors (Lipinski definition) is 3. The van der Waals surface area contributed by atoms with E-state index < -0.39 is 5.82 Å². The highest BCUT2D eigenvalue weighted by Gasteiger charge is 2.06. The van der Waals surface area contributed by atoms with Crippen LogP contribution >= 0.6 is 11.8 Å². The number of thioether (sulfide) groups is 1. The van der Waals surface area contributed by atoms with Crippen LogP contribution in [0.5, 0.6) is 5.75 Å². The average Bonchev–Trinajstić information content (AvgIpc) is 2.19. The molecule has 0 aliphatic carbocycles. The van der Waals surface area contributed by atoms with Gasteiger partial charge in [0, 0.05) is 18.2 Å². The van der Waals surface area contributed by atoms with Crippen LogP contribution in [0.25, 0.3) is 0 Å². The number of amides is 1. The molecule has 1 rings (SSSR count). The van der Waals surface area contributed by atoms with Crippen molar-refractivity contribution in [2.45, 2.75) is 6.42 Å². The monoisotopic (exact) mass is 229 g/mol. The van der Waals surface area contributed by atoms with Crippen LogP contribution < -0.4 is 5.32 Å². The maximum atomic E-state index is 13.2. The minimum Gasteiger partial charge on any atom is -0.508 e. The molecule has 0 aliphatic rings. The van der Waals surface area contributed by atoms with Crippen molar-refractivity contribution >= 4 is 23.4 Å². The molecule has 0 saturated carbocycles. The maximum absolute atomic E-state index is 13.2. The fraction of sp³-hybridized carbons (Fsp3) is 0.300. The molecule has 0 aliphatic heterocycles. The number of halogens is 1. The number of carbonyl (C=O) groups is 1. The Balaban J connectivity index is 2.60. The van der Waals surface area contributed by atoms with Crippen molar-refractivity contribution in [2.75, 3.05) is 17.3 Å². The van der Waals surface area contributed by atoms with Crippen molar-refractivity contribution in [1.29, 1.82) is 0 Å². The van der Waals surface area contributed by atoms with E-state index in [9.17, 15) is 9.18 Å². The first-order valence-electron chi connectivity index (χ1n) is 4.41. The number of hydrogen-bond donors (Lipinski definition) is 2. The first kappa shape index (κ1) is 11.8. The molecule has 82 valence electrons. The molecule has 0 aromatic heterocycles. The third kappa shape index (κ3) is 3.79. The molecule has 2 N–H and O–H groups in total. The minimum atomic E-state index is -0.632. The zero-order chi connectivity index (χ0) is 11.3. The van der Waals surface area contributed by atoms with Crippen LogP contribution in [0.15, 0.2) is 18.2 Å². The second-order valence-electron chi connectivity index (χ2n) is 2.96. The maximum Gasteiger partial charge on any atom is 0.225 e. The third-order valence-corrected chi connectivity index (χ3v) is 2.37. The summed E-state index contributed by atoms with van der Waals surface area (Å²) in [6.45, 7) is 0. The van der Waals surface area contributed by atoms with Crippen LogP contribution in [0.3, 0.4) is 0 Å². The summed E-state index contributed by atoms with van der Waals surface area (Å²) in [5.74, 6) is -0.318. The topological polar surface area (TPSA) is 49.3 Å². The molecule has 15 heavy (non-hydrogen) atoms. The lowest BCUT2D eigenvalue weighted by Gasteiger charge is -2.05. The molecule has 0 atom stereocenters. The lowest BCUT2D eigenvalue weighted by atomic mass is 10.3. The van der Waals surface area contributed by atoms with E-state index in [1.807, 2.05) is 6.26 Å². The Kier molecular flexibility index (Phi) is 4.42. The summed E-state index contributed by atoms with van der Waals surface area (Å²) in [5, 5.41) is 11.4. The lowest BCUT2D eigenvalue weighted by Crippen LogP contribution is -2.13. The van der Waals surface area contributed by atoms with Crippen molar-refractivity contribution in [3.63, 3.8) is 0 Å². The number of carbonyl (C=O) groups excluding carboxylic acids is 1. The average molecular weight is 229 g/mol. The van der Waals surface area contributed by atoms with Crippen molar-refractivity contribution in [2.24, 2.45) is 0 Å². The number of nitrogens with one attached hydrogen (secondary N) is 1. The Labute approximate surface area is 91.7 Å². The summed E-state index contributed by atoms with van der Waals surface area (Å²) < 4.78 is 13.2. The van der Waals surface area contributed by atoms with Gasteiger partial charge < -0.3 is 10.4 Å². The first-order chi connectivity index (χ1) is 7.13. The van der Waals surface area contributed by atoms with Crippen LogP contribution in [-0.2, 0) is 4.79 Å². The minimum absolute atomic E-state index is 0.0962. The predicted octanol–water partition coefficient (Wildman–Crippen LogP) is 2.22. The number of anilines is 1. The van der Waals surface area contributed by atoms with Crippen molar-refractivity contribution < 1.29 is 14.3 Å². The molecular formula is C10H12FNO2S. The van der Waals surface area contributed by atoms with E-state index in [0.717, 1.165) is 6.07 Å². The molecule has 1 aromatic carbocycles. The quantitative estimate of drug-likeness (QED) is 0.778. The predicted molar refractivity (Wildman–Crippen MR) is 59.7 cm³/mol. The highest BCUT2D eigenvalue weighted by molar-refractivity contribution is 7.98. The zero-order valence-corrected chi connectivity index (χ0v) is 9.10. The van der Waals surface area contributed by atoms with E-state index >= 15 is 0 Å². The van der Waals surface area contributed by atoms with E-state index in [1.165, 1.54) is 12.1 Å². The van der Waals surface area contributed by atoms with E-state index in [2.05, 4.69) is 5.32 Å². The molecule has 0 saturated heterocycles. The smallest absolute Gasteiger partial charge is 0.225 e. The van der Waals surface area contributed by atoms with Crippen LogP contribution in [-0.4, -0.2) is 23.0 Å². The van der Waals surface area contributed by atoms with Gasteiger partial charge in [0.15, 0.2) is 0 Å². The normalized spacial score (nSPS) is 10.0. The van der Waals surface area contributed by atoms with E-state index in [4.69, 9.17) is 5.11 Å². The largest absolute Gasteiger partial charge is 0.508 e. The van der Waals surface area contributed by atoms with Gasteiger partial charge in [-0.1, -0.05) is 0 Å². The fourth-order valence-electron chi connectivity index (χ4n) is 1.01. The number of phenolic OH excluding ortho intramolecular Hbond substituents is 1. The molecule has 3 nitrogen and oxygen atoms in total. The van der Waals surface area contributed by atoms with Gasteiger partial charge in [-0.3, -0.25) is 4.79 Å². The summed E-state index contributed by atoms with van der Waals surface area (Å²) >= 11 is 1.55. The van der Waals surface area contributed by atoms with Crippen molar-refractivity contribution in [1.82, 2.24) is 0 Å². The molecule has 0 fully saturated rings. The molecule has 5 heteroatoms. The summed E-state index contributed by atoms with van der Waals surface area (Å²) in [7, 11) is 0. The van der Waals surface area contributed by atoms with Gasteiger partial charge in [-0.05, 0) is 18.4 Å². The Morgan fingerprint density at radius 1 is 1.60 bits per heavy atom. The van der Waals surface area contributed by atoms with Crippen LogP contribution in [0.2, 0.25) is 0 Å².